The summed E-state index contributed by atoms with van der Waals surface area (Å²) in [4.78, 5) is 35.9. The zero-order valence-corrected chi connectivity index (χ0v) is 17.5. The van der Waals surface area contributed by atoms with E-state index in [2.05, 4.69) is 15.0 Å². The molecule has 0 spiro atoms. The van der Waals surface area contributed by atoms with Gasteiger partial charge in [-0.1, -0.05) is 0 Å². The van der Waals surface area contributed by atoms with Crippen LogP contribution in [0.5, 0.6) is 0 Å². The third-order valence-corrected chi connectivity index (χ3v) is 5.46. The molecule has 0 aliphatic carbocycles. The molecule has 0 bridgehead atoms. The molecule has 0 saturated carbocycles. The van der Waals surface area contributed by atoms with E-state index in [9.17, 15) is 9.59 Å². The van der Waals surface area contributed by atoms with E-state index >= 15 is 0 Å². The fourth-order valence-corrected chi connectivity index (χ4v) is 3.89. The minimum Gasteiger partial charge on any atom is -0.342 e. The molecule has 1 fully saturated rings. The van der Waals surface area contributed by atoms with E-state index < -0.39 is 0 Å². The van der Waals surface area contributed by atoms with Crippen molar-refractivity contribution < 1.29 is 9.59 Å². The van der Waals surface area contributed by atoms with E-state index in [4.69, 9.17) is 0 Å². The number of rotatable bonds is 5. The topological polar surface area (TPSA) is 74.6 Å². The molecule has 8 nitrogen and oxygen atoms in total. The lowest BCUT2D eigenvalue weighted by molar-refractivity contribution is -0.132. The van der Waals surface area contributed by atoms with Gasteiger partial charge in [-0.05, 0) is 33.8 Å². The highest BCUT2D eigenvalue weighted by molar-refractivity contribution is 6.06. The van der Waals surface area contributed by atoms with E-state index in [1.54, 1.807) is 4.68 Å². The average molecular weight is 387 g/mol. The molecule has 8 heteroatoms. The van der Waals surface area contributed by atoms with Crippen LogP contribution in [0.3, 0.4) is 0 Å². The first kappa shape index (κ1) is 20.3. The molecule has 1 aliphatic rings. The number of fused-ring (bicyclic) bond motifs is 1. The first-order valence-electron chi connectivity index (χ1n) is 9.96. The fourth-order valence-electron chi connectivity index (χ4n) is 3.89. The highest BCUT2D eigenvalue weighted by Crippen LogP contribution is 2.23. The summed E-state index contributed by atoms with van der Waals surface area (Å²) < 4.78 is 1.73. The van der Waals surface area contributed by atoms with Crippen molar-refractivity contribution in [2.24, 2.45) is 7.05 Å². The van der Waals surface area contributed by atoms with Gasteiger partial charge in [-0.3, -0.25) is 19.2 Å². The fraction of sp³-hybridized carbons (Fsp3) is 0.600. The molecule has 0 N–H and O–H groups in total. The van der Waals surface area contributed by atoms with Gasteiger partial charge >= 0.3 is 0 Å². The number of nitrogens with zero attached hydrogens (tertiary/aromatic N) is 6. The van der Waals surface area contributed by atoms with Gasteiger partial charge in [0.1, 0.15) is 0 Å². The van der Waals surface area contributed by atoms with Crippen LogP contribution in [0.25, 0.3) is 11.0 Å². The second-order valence-electron chi connectivity index (χ2n) is 7.35. The molecule has 28 heavy (non-hydrogen) atoms. The second-order valence-corrected chi connectivity index (χ2v) is 7.35. The van der Waals surface area contributed by atoms with Crippen molar-refractivity contribution in [1.29, 1.82) is 0 Å². The molecule has 0 atom stereocenters. The zero-order chi connectivity index (χ0) is 20.4. The predicted octanol–water partition coefficient (Wildman–Crippen LogP) is 1.21. The number of piperazine rings is 1. The molecule has 2 aromatic rings. The third kappa shape index (κ3) is 3.87. The van der Waals surface area contributed by atoms with Crippen LogP contribution in [-0.2, 0) is 11.8 Å². The smallest absolute Gasteiger partial charge is 0.254 e. The minimum atomic E-state index is 0.0151. The van der Waals surface area contributed by atoms with Gasteiger partial charge in [0.05, 0.1) is 23.2 Å². The number of hydrogen-bond donors (Lipinski definition) is 0. The van der Waals surface area contributed by atoms with Gasteiger partial charge in [0.2, 0.25) is 5.91 Å². The number of carbonyl (C=O) groups is 2. The van der Waals surface area contributed by atoms with Gasteiger partial charge in [-0.2, -0.15) is 5.10 Å². The Morgan fingerprint density at radius 3 is 2.36 bits per heavy atom. The maximum atomic E-state index is 13.2. The molecule has 0 unspecified atom stereocenters. The molecule has 1 saturated heterocycles. The Morgan fingerprint density at radius 2 is 1.75 bits per heavy atom. The lowest BCUT2D eigenvalue weighted by Gasteiger charge is -2.35. The number of carbonyl (C=O) groups excluding carboxylic acids is 2. The van der Waals surface area contributed by atoms with Gasteiger partial charge in [0.25, 0.3) is 5.91 Å². The monoisotopic (exact) mass is 386 g/mol. The maximum absolute atomic E-state index is 13.2. The zero-order valence-electron chi connectivity index (χ0n) is 17.5. The number of pyridine rings is 1. The highest BCUT2D eigenvalue weighted by Gasteiger charge is 2.27. The van der Waals surface area contributed by atoms with Crippen molar-refractivity contribution >= 4 is 22.8 Å². The van der Waals surface area contributed by atoms with E-state index in [0.717, 1.165) is 35.5 Å². The molecular weight excluding hydrogens is 356 g/mol. The maximum Gasteiger partial charge on any atom is 0.254 e. The molecule has 2 amide bonds. The molecule has 0 aromatic carbocycles. The average Bonchev–Trinajstić information content (AvgIpc) is 2.96. The lowest BCUT2D eigenvalue weighted by Crippen LogP contribution is -2.51. The third-order valence-electron chi connectivity index (χ3n) is 5.46. The van der Waals surface area contributed by atoms with Crippen LogP contribution in [0.15, 0.2) is 6.07 Å². The molecule has 0 radical (unpaired) electrons. The van der Waals surface area contributed by atoms with Crippen LogP contribution in [0.1, 0.15) is 35.6 Å². The van der Waals surface area contributed by atoms with Crippen LogP contribution >= 0.6 is 0 Å². The molecular formula is C20H30N6O2. The number of likely N-dealkylation sites (N-methyl/N-ethyl adjacent to an activating group) is 1. The van der Waals surface area contributed by atoms with Gasteiger partial charge in [0, 0.05) is 52.0 Å². The first-order chi connectivity index (χ1) is 13.3. The first-order valence-corrected chi connectivity index (χ1v) is 9.96. The normalized spacial score (nSPS) is 15.2. The highest BCUT2D eigenvalue weighted by atomic mass is 16.2. The summed E-state index contributed by atoms with van der Waals surface area (Å²) >= 11 is 0. The largest absolute Gasteiger partial charge is 0.342 e. The van der Waals surface area contributed by atoms with Crippen molar-refractivity contribution in [2.75, 3.05) is 45.8 Å². The Hall–Kier alpha value is -2.48. The van der Waals surface area contributed by atoms with Crippen LogP contribution in [0.2, 0.25) is 0 Å². The van der Waals surface area contributed by atoms with E-state index in [1.165, 1.54) is 0 Å². The van der Waals surface area contributed by atoms with Gasteiger partial charge in [-0.25, -0.2) is 4.98 Å². The van der Waals surface area contributed by atoms with Crippen molar-refractivity contribution in [3.05, 3.63) is 23.0 Å². The summed E-state index contributed by atoms with van der Waals surface area (Å²) in [5, 5.41) is 5.26. The summed E-state index contributed by atoms with van der Waals surface area (Å²) in [6, 6.07) is 1.86. The van der Waals surface area contributed by atoms with Crippen molar-refractivity contribution in [1.82, 2.24) is 29.5 Å². The van der Waals surface area contributed by atoms with Gasteiger partial charge in [0.15, 0.2) is 5.65 Å². The molecule has 1 aliphatic heterocycles. The minimum absolute atomic E-state index is 0.0151. The van der Waals surface area contributed by atoms with E-state index in [-0.39, 0.29) is 11.8 Å². The lowest BCUT2D eigenvalue weighted by atomic mass is 10.1. The number of aryl methyl sites for hydroxylation is 3. The SMILES string of the molecule is CCN(CC)C(=O)CN1CCN(C(=O)c2cc(C)nc3c2c(C)nn3C)CC1. The number of amides is 2. The Bertz CT molecular complexity index is 878. The molecule has 152 valence electrons. The summed E-state index contributed by atoms with van der Waals surface area (Å²) in [6.45, 7) is 12.3. The van der Waals surface area contributed by atoms with Crippen molar-refractivity contribution in [2.45, 2.75) is 27.7 Å². The van der Waals surface area contributed by atoms with Gasteiger partial charge in [-0.15, -0.1) is 0 Å². The molecule has 3 rings (SSSR count). The molecule has 2 aromatic heterocycles. The molecule has 3 heterocycles. The summed E-state index contributed by atoms with van der Waals surface area (Å²) in [5.41, 5.74) is 3.03. The Labute approximate surface area is 166 Å². The second kappa shape index (κ2) is 8.26. The Morgan fingerprint density at radius 1 is 1.11 bits per heavy atom. The van der Waals surface area contributed by atoms with Crippen LogP contribution in [0, 0.1) is 13.8 Å². The summed E-state index contributed by atoms with van der Waals surface area (Å²) in [6.07, 6.45) is 0. The standard InChI is InChI=1S/C20H30N6O2/c1-6-25(7-2)17(27)13-24-8-10-26(11-9-24)20(28)16-12-14(3)21-19-18(16)15(4)22-23(19)5/h12H,6-11,13H2,1-5H3. The summed E-state index contributed by atoms with van der Waals surface area (Å²) in [7, 11) is 1.85. The van der Waals surface area contributed by atoms with Crippen molar-refractivity contribution in [3.8, 4) is 0 Å². The quantitative estimate of drug-likeness (QED) is 0.772. The van der Waals surface area contributed by atoms with E-state index in [1.807, 2.05) is 50.6 Å². The van der Waals surface area contributed by atoms with Crippen molar-refractivity contribution in [3.63, 3.8) is 0 Å². The van der Waals surface area contributed by atoms with Crippen LogP contribution in [0.4, 0.5) is 0 Å². The predicted molar refractivity (Wildman–Crippen MR) is 108 cm³/mol. The summed E-state index contributed by atoms with van der Waals surface area (Å²) in [5.74, 6) is 0.170. The van der Waals surface area contributed by atoms with E-state index in [0.29, 0.717) is 38.3 Å². The van der Waals surface area contributed by atoms with Crippen LogP contribution < -0.4 is 0 Å². The van der Waals surface area contributed by atoms with Crippen LogP contribution in [-0.4, -0.2) is 87.1 Å². The Balaban J connectivity index is 1.71. The van der Waals surface area contributed by atoms with Gasteiger partial charge < -0.3 is 9.80 Å². The number of hydrogen-bond acceptors (Lipinski definition) is 5. The Kier molecular flexibility index (Phi) is 5.98. The number of aromatic nitrogens is 3.